The molecule has 2 aromatic rings. The molecule has 2 aromatic heterocycles. The minimum Gasteiger partial charge on any atom is -0.338 e. The molecule has 0 aliphatic heterocycles. The van der Waals surface area contributed by atoms with Crippen LogP contribution in [-0.4, -0.2) is 19.5 Å². The molecule has 0 saturated carbocycles. The quantitative estimate of drug-likeness (QED) is 0.517. The van der Waals surface area contributed by atoms with E-state index < -0.39 is 4.92 Å². The lowest BCUT2D eigenvalue weighted by molar-refractivity contribution is -0.383. The number of aromatic amines is 1. The summed E-state index contributed by atoms with van der Waals surface area (Å²) < 4.78 is 1.39. The van der Waals surface area contributed by atoms with Gasteiger partial charge in [-0.25, -0.2) is 4.98 Å². The number of nitrogens with zero attached hydrogens (tertiary/aromatic N) is 3. The van der Waals surface area contributed by atoms with Gasteiger partial charge in [0.25, 0.3) is 5.56 Å². The predicted octanol–water partition coefficient (Wildman–Crippen LogP) is 0.170. The standard InChI is InChI=1S/C7H6N4O3/c1-10-2-4(11(13)14)5-6(10)7(12)9-3-8-5/h2-3H,1H3,(H,8,9,12). The molecule has 0 aliphatic carbocycles. The van der Waals surface area contributed by atoms with Crippen molar-refractivity contribution in [3.8, 4) is 0 Å². The Morgan fingerprint density at radius 1 is 1.64 bits per heavy atom. The molecule has 0 amide bonds. The van der Waals surface area contributed by atoms with Gasteiger partial charge in [-0.3, -0.25) is 14.9 Å². The summed E-state index contributed by atoms with van der Waals surface area (Å²) in [5, 5.41) is 10.6. The molecule has 7 heteroatoms. The predicted molar refractivity (Wildman–Crippen MR) is 48.0 cm³/mol. The Kier molecular flexibility index (Phi) is 1.60. The van der Waals surface area contributed by atoms with Crippen molar-refractivity contribution in [3.05, 3.63) is 33.0 Å². The van der Waals surface area contributed by atoms with Crippen molar-refractivity contribution in [2.24, 2.45) is 7.05 Å². The molecule has 2 heterocycles. The van der Waals surface area contributed by atoms with Crippen molar-refractivity contribution in [3.63, 3.8) is 0 Å². The van der Waals surface area contributed by atoms with Crippen molar-refractivity contribution in [2.45, 2.75) is 0 Å². The van der Waals surface area contributed by atoms with Crippen molar-refractivity contribution < 1.29 is 4.92 Å². The van der Waals surface area contributed by atoms with E-state index in [0.29, 0.717) is 0 Å². The van der Waals surface area contributed by atoms with Crippen LogP contribution in [0.1, 0.15) is 0 Å². The molecular weight excluding hydrogens is 188 g/mol. The molecule has 0 radical (unpaired) electrons. The molecule has 0 bridgehead atoms. The fourth-order valence-electron chi connectivity index (χ4n) is 1.35. The zero-order valence-corrected chi connectivity index (χ0v) is 7.22. The first kappa shape index (κ1) is 8.42. The topological polar surface area (TPSA) is 93.8 Å². The highest BCUT2D eigenvalue weighted by Gasteiger charge is 2.19. The van der Waals surface area contributed by atoms with Crippen molar-refractivity contribution in [1.29, 1.82) is 0 Å². The number of H-pyrrole nitrogens is 1. The maximum Gasteiger partial charge on any atom is 0.313 e. The Balaban J connectivity index is 2.98. The lowest BCUT2D eigenvalue weighted by Gasteiger charge is -1.90. The van der Waals surface area contributed by atoms with Gasteiger partial charge in [0, 0.05) is 7.05 Å². The van der Waals surface area contributed by atoms with E-state index in [-0.39, 0.29) is 22.3 Å². The molecule has 0 aliphatic rings. The second-order valence-corrected chi connectivity index (χ2v) is 2.81. The number of fused-ring (bicyclic) bond motifs is 1. The second kappa shape index (κ2) is 2.66. The summed E-state index contributed by atoms with van der Waals surface area (Å²) in [4.78, 5) is 27.4. The second-order valence-electron chi connectivity index (χ2n) is 2.81. The van der Waals surface area contributed by atoms with Crippen LogP contribution in [0, 0.1) is 10.1 Å². The zero-order valence-electron chi connectivity index (χ0n) is 7.22. The van der Waals surface area contributed by atoms with Gasteiger partial charge in [0.2, 0.25) is 0 Å². The summed E-state index contributed by atoms with van der Waals surface area (Å²) in [6.07, 6.45) is 2.42. The van der Waals surface area contributed by atoms with Crippen LogP contribution in [0.4, 0.5) is 5.69 Å². The van der Waals surface area contributed by atoms with Crippen LogP contribution >= 0.6 is 0 Å². The minimum absolute atomic E-state index is 0.112. The van der Waals surface area contributed by atoms with Crippen LogP contribution < -0.4 is 5.56 Å². The smallest absolute Gasteiger partial charge is 0.313 e. The lowest BCUT2D eigenvalue weighted by Crippen LogP contribution is -2.08. The van der Waals surface area contributed by atoms with Gasteiger partial charge in [-0.15, -0.1) is 0 Å². The zero-order chi connectivity index (χ0) is 10.3. The van der Waals surface area contributed by atoms with Crippen LogP contribution in [-0.2, 0) is 7.05 Å². The van der Waals surface area contributed by atoms with Crippen molar-refractivity contribution in [1.82, 2.24) is 14.5 Å². The third kappa shape index (κ3) is 0.987. The van der Waals surface area contributed by atoms with Crippen LogP contribution in [0.5, 0.6) is 0 Å². The Labute approximate surface area is 77.2 Å². The van der Waals surface area contributed by atoms with Crippen LogP contribution in [0.3, 0.4) is 0 Å². The highest BCUT2D eigenvalue weighted by molar-refractivity contribution is 5.84. The Hall–Kier alpha value is -2.18. The summed E-state index contributed by atoms with van der Waals surface area (Å²) >= 11 is 0. The average molecular weight is 194 g/mol. The van der Waals surface area contributed by atoms with Gasteiger partial charge in [0.05, 0.1) is 17.4 Å². The van der Waals surface area contributed by atoms with E-state index in [1.165, 1.54) is 10.8 Å². The summed E-state index contributed by atoms with van der Waals surface area (Å²) in [6.45, 7) is 0. The number of nitrogens with one attached hydrogen (secondary N) is 1. The maximum absolute atomic E-state index is 11.3. The Bertz CT molecular complexity index is 568. The summed E-state index contributed by atoms with van der Waals surface area (Å²) in [6, 6.07) is 0. The number of hydrogen-bond acceptors (Lipinski definition) is 4. The molecule has 0 saturated heterocycles. The summed E-state index contributed by atoms with van der Waals surface area (Å²) in [5.74, 6) is 0. The fraction of sp³-hybridized carbons (Fsp3) is 0.143. The lowest BCUT2D eigenvalue weighted by atomic mass is 10.4. The number of nitro groups is 1. The van der Waals surface area contributed by atoms with Crippen molar-refractivity contribution in [2.75, 3.05) is 0 Å². The van der Waals surface area contributed by atoms with E-state index in [2.05, 4.69) is 9.97 Å². The van der Waals surface area contributed by atoms with Gasteiger partial charge in [0.15, 0.2) is 5.52 Å². The molecule has 72 valence electrons. The molecule has 0 spiro atoms. The average Bonchev–Trinajstić information content (AvgIpc) is 2.45. The monoisotopic (exact) mass is 194 g/mol. The van der Waals surface area contributed by atoms with Gasteiger partial charge >= 0.3 is 5.69 Å². The molecule has 0 atom stereocenters. The SMILES string of the molecule is Cn1cc([N+](=O)[O-])c2nc[nH]c(=O)c21. The highest BCUT2D eigenvalue weighted by atomic mass is 16.6. The van der Waals surface area contributed by atoms with Crippen LogP contribution in [0.25, 0.3) is 11.0 Å². The van der Waals surface area contributed by atoms with Crippen LogP contribution in [0.15, 0.2) is 17.3 Å². The van der Waals surface area contributed by atoms with Crippen LogP contribution in [0.2, 0.25) is 0 Å². The van der Waals surface area contributed by atoms with Crippen molar-refractivity contribution >= 4 is 16.7 Å². The number of aryl methyl sites for hydroxylation is 1. The molecule has 0 unspecified atom stereocenters. The van der Waals surface area contributed by atoms with E-state index in [1.807, 2.05) is 0 Å². The molecule has 0 aromatic carbocycles. The molecule has 7 nitrogen and oxygen atoms in total. The number of rotatable bonds is 1. The van der Waals surface area contributed by atoms with Gasteiger partial charge < -0.3 is 9.55 Å². The Morgan fingerprint density at radius 2 is 2.36 bits per heavy atom. The van der Waals surface area contributed by atoms with E-state index >= 15 is 0 Å². The van der Waals surface area contributed by atoms with E-state index in [0.717, 1.165) is 6.33 Å². The first-order valence-corrected chi connectivity index (χ1v) is 3.78. The third-order valence-electron chi connectivity index (χ3n) is 1.94. The van der Waals surface area contributed by atoms with Gasteiger partial charge in [-0.1, -0.05) is 0 Å². The normalized spacial score (nSPS) is 10.6. The molecule has 0 fully saturated rings. The number of aromatic nitrogens is 3. The minimum atomic E-state index is -0.561. The molecular formula is C7H6N4O3. The largest absolute Gasteiger partial charge is 0.338 e. The first-order chi connectivity index (χ1) is 6.61. The van der Waals surface area contributed by atoms with E-state index in [1.54, 1.807) is 7.05 Å². The third-order valence-corrected chi connectivity index (χ3v) is 1.94. The summed E-state index contributed by atoms with van der Waals surface area (Å²) in [5.41, 5.74) is -0.223. The fourth-order valence-corrected chi connectivity index (χ4v) is 1.35. The molecule has 1 N–H and O–H groups in total. The van der Waals surface area contributed by atoms with Gasteiger partial charge in [-0.05, 0) is 0 Å². The molecule has 14 heavy (non-hydrogen) atoms. The van der Waals surface area contributed by atoms with E-state index in [9.17, 15) is 14.9 Å². The van der Waals surface area contributed by atoms with Gasteiger partial charge in [0.1, 0.15) is 5.52 Å². The Morgan fingerprint density at radius 3 is 3.00 bits per heavy atom. The highest BCUT2D eigenvalue weighted by Crippen LogP contribution is 2.21. The van der Waals surface area contributed by atoms with E-state index in [4.69, 9.17) is 0 Å². The first-order valence-electron chi connectivity index (χ1n) is 3.78. The van der Waals surface area contributed by atoms with Gasteiger partial charge in [-0.2, -0.15) is 0 Å². The maximum atomic E-state index is 11.3. The number of hydrogen-bond donors (Lipinski definition) is 1. The summed E-state index contributed by atoms with van der Waals surface area (Å²) in [7, 11) is 1.56. The molecule has 2 rings (SSSR count).